The second-order valence-corrected chi connectivity index (χ2v) is 12.1. The van der Waals surface area contributed by atoms with Crippen molar-refractivity contribution in [3.63, 3.8) is 0 Å². The molecular weight excluding hydrogens is 510 g/mol. The molecule has 0 aliphatic heterocycles. The minimum absolute atomic E-state index is 0.0210. The molecule has 4 aliphatic rings. The number of para-hydroxylation sites is 1. The number of esters is 2. The van der Waals surface area contributed by atoms with Crippen molar-refractivity contribution in [1.82, 2.24) is 4.98 Å². The normalized spacial score (nSPS) is 26.9. The minimum atomic E-state index is -0.734. The molecule has 0 N–H and O–H groups in total. The number of ether oxygens (including phenoxy) is 4. The molecule has 4 saturated carbocycles. The summed E-state index contributed by atoms with van der Waals surface area (Å²) in [6.45, 7) is 4.82. The highest BCUT2D eigenvalue weighted by Gasteiger charge is 2.57. The summed E-state index contributed by atoms with van der Waals surface area (Å²) in [5, 5.41) is 0. The van der Waals surface area contributed by atoms with Gasteiger partial charge in [-0.1, -0.05) is 25.1 Å². The van der Waals surface area contributed by atoms with Gasteiger partial charge in [0.05, 0.1) is 13.0 Å². The fourth-order valence-electron chi connectivity index (χ4n) is 7.74. The van der Waals surface area contributed by atoms with Gasteiger partial charge >= 0.3 is 11.9 Å². The van der Waals surface area contributed by atoms with Crippen molar-refractivity contribution >= 4 is 17.7 Å². The summed E-state index contributed by atoms with van der Waals surface area (Å²) in [5.41, 5.74) is -0.0756. The van der Waals surface area contributed by atoms with Gasteiger partial charge in [-0.2, -0.15) is 0 Å². The molecule has 214 valence electrons. The van der Waals surface area contributed by atoms with Crippen LogP contribution < -0.4 is 14.2 Å². The van der Waals surface area contributed by atoms with Gasteiger partial charge in [0.2, 0.25) is 5.75 Å². The molecule has 2 aromatic rings. The van der Waals surface area contributed by atoms with Gasteiger partial charge in [-0.15, -0.1) is 0 Å². The zero-order valence-electron chi connectivity index (χ0n) is 23.8. The Morgan fingerprint density at radius 1 is 0.975 bits per heavy atom. The van der Waals surface area contributed by atoms with Crippen molar-refractivity contribution in [1.29, 1.82) is 0 Å². The van der Waals surface area contributed by atoms with E-state index in [1.165, 1.54) is 45.6 Å². The average Bonchev–Trinajstić information content (AvgIpc) is 2.91. The number of pyridine rings is 1. The van der Waals surface area contributed by atoms with Crippen LogP contribution in [0.5, 0.6) is 17.2 Å². The Bertz CT molecular complexity index is 1210. The molecule has 0 amide bonds. The first-order chi connectivity index (χ1) is 19.2. The van der Waals surface area contributed by atoms with Crippen LogP contribution in [0.25, 0.3) is 0 Å². The van der Waals surface area contributed by atoms with Gasteiger partial charge in [0.25, 0.3) is 0 Å². The van der Waals surface area contributed by atoms with Gasteiger partial charge in [0.1, 0.15) is 18.0 Å². The van der Waals surface area contributed by atoms with Gasteiger partial charge in [0, 0.05) is 31.0 Å². The Morgan fingerprint density at radius 2 is 1.60 bits per heavy atom. The molecule has 0 saturated heterocycles. The Kier molecular flexibility index (Phi) is 8.15. The average molecular weight is 550 g/mol. The van der Waals surface area contributed by atoms with Crippen molar-refractivity contribution in [3.05, 3.63) is 48.3 Å². The molecule has 8 nitrogen and oxygen atoms in total. The van der Waals surface area contributed by atoms with E-state index in [4.69, 9.17) is 18.9 Å². The van der Waals surface area contributed by atoms with E-state index >= 15 is 0 Å². The second kappa shape index (κ2) is 11.6. The number of methoxy groups -OCH3 is 1. The lowest BCUT2D eigenvalue weighted by Crippen LogP contribution is -2.57. The Balaban J connectivity index is 1.31. The van der Waals surface area contributed by atoms with E-state index in [1.807, 2.05) is 37.3 Å². The topological polar surface area (TPSA) is 101 Å². The fraction of sp³-hybridized carbons (Fsp3) is 0.562. The summed E-state index contributed by atoms with van der Waals surface area (Å²) >= 11 is 0. The SMILES string of the molecule is COc1ccnc(C(=O)C[C@@H](C)C(=O)O[C@@H](C)[C@H](Oc2ccccc2)C23CC4CC(CC(C4)C2)C3)c1OC(C)=O. The lowest BCUT2D eigenvalue weighted by atomic mass is 9.47. The molecule has 0 spiro atoms. The summed E-state index contributed by atoms with van der Waals surface area (Å²) in [6, 6.07) is 11.3. The molecule has 1 aromatic carbocycles. The number of nitrogens with zero attached hydrogens (tertiary/aromatic N) is 1. The van der Waals surface area contributed by atoms with Crippen LogP contribution in [0.15, 0.2) is 42.6 Å². The van der Waals surface area contributed by atoms with Crippen LogP contribution in [0.4, 0.5) is 0 Å². The molecule has 0 unspecified atom stereocenters. The Labute approximate surface area is 235 Å². The summed E-state index contributed by atoms with van der Waals surface area (Å²) in [5.74, 6) is 0.852. The lowest BCUT2D eigenvalue weighted by Gasteiger charge is -2.59. The van der Waals surface area contributed by atoms with Gasteiger partial charge < -0.3 is 18.9 Å². The zero-order chi connectivity index (χ0) is 28.4. The molecule has 4 aliphatic carbocycles. The Hall–Kier alpha value is -3.42. The number of rotatable bonds is 11. The molecule has 1 aromatic heterocycles. The molecule has 0 radical (unpaired) electrons. The molecule has 40 heavy (non-hydrogen) atoms. The summed E-state index contributed by atoms with van der Waals surface area (Å²) in [4.78, 5) is 42.3. The first kappa shape index (κ1) is 28.1. The second-order valence-electron chi connectivity index (χ2n) is 12.1. The summed E-state index contributed by atoms with van der Waals surface area (Å²) in [7, 11) is 1.41. The highest BCUT2D eigenvalue weighted by Crippen LogP contribution is 2.62. The van der Waals surface area contributed by atoms with Crippen LogP contribution in [0, 0.1) is 29.1 Å². The van der Waals surface area contributed by atoms with E-state index in [1.54, 1.807) is 6.92 Å². The predicted octanol–water partition coefficient (Wildman–Crippen LogP) is 5.82. The fourth-order valence-corrected chi connectivity index (χ4v) is 7.74. The number of Topliss-reactive ketones (excluding diaryl/α,β-unsaturated/α-hetero) is 1. The standard InChI is InChI=1S/C32H39NO7/c1-19(12-26(35)28-29(39-21(3)34)27(37-4)10-11-33-28)31(36)38-20(2)30(40-25-8-6-5-7-9-25)32-16-22-13-23(17-32)15-24(14-22)18-32/h5-11,19-20,22-24,30H,12-18H2,1-4H3/t19-,20+,22?,23?,24?,30+,32?/m1/s1. The first-order valence-electron chi connectivity index (χ1n) is 14.3. The van der Waals surface area contributed by atoms with Gasteiger partial charge in [-0.3, -0.25) is 14.4 Å². The van der Waals surface area contributed by atoms with E-state index < -0.39 is 29.7 Å². The molecule has 4 bridgehead atoms. The number of carbonyl (C=O) groups excluding carboxylic acids is 3. The lowest BCUT2D eigenvalue weighted by molar-refractivity contribution is -0.175. The maximum atomic E-state index is 13.3. The maximum absolute atomic E-state index is 13.3. The van der Waals surface area contributed by atoms with Crippen molar-refractivity contribution in [3.8, 4) is 17.2 Å². The van der Waals surface area contributed by atoms with Gasteiger partial charge in [-0.25, -0.2) is 4.98 Å². The molecule has 4 fully saturated rings. The largest absolute Gasteiger partial charge is 0.493 e. The number of ketones is 1. The summed E-state index contributed by atoms with van der Waals surface area (Å²) < 4.78 is 23.2. The van der Waals surface area contributed by atoms with E-state index in [-0.39, 0.29) is 35.1 Å². The summed E-state index contributed by atoms with van der Waals surface area (Å²) in [6.07, 6.45) is 7.71. The molecule has 8 heteroatoms. The monoisotopic (exact) mass is 549 g/mol. The van der Waals surface area contributed by atoms with Crippen molar-refractivity contribution in [2.24, 2.45) is 29.1 Å². The Morgan fingerprint density at radius 3 is 2.17 bits per heavy atom. The molecule has 3 atom stereocenters. The van der Waals surface area contributed by atoms with Crippen LogP contribution in [0.3, 0.4) is 0 Å². The zero-order valence-corrected chi connectivity index (χ0v) is 23.8. The van der Waals surface area contributed by atoms with Gasteiger partial charge in [-0.05, 0) is 75.3 Å². The highest BCUT2D eigenvalue weighted by molar-refractivity contribution is 5.99. The third-order valence-electron chi connectivity index (χ3n) is 8.92. The van der Waals surface area contributed by atoms with Crippen LogP contribution in [-0.4, -0.2) is 42.0 Å². The van der Waals surface area contributed by atoms with Crippen LogP contribution in [0.2, 0.25) is 0 Å². The van der Waals surface area contributed by atoms with Crippen LogP contribution in [-0.2, 0) is 14.3 Å². The maximum Gasteiger partial charge on any atom is 0.309 e. The van der Waals surface area contributed by atoms with Gasteiger partial charge in [0.15, 0.2) is 17.2 Å². The third kappa shape index (κ3) is 5.86. The highest BCUT2D eigenvalue weighted by atomic mass is 16.6. The number of hydrogen-bond acceptors (Lipinski definition) is 8. The molecular formula is C32H39NO7. The first-order valence-corrected chi connectivity index (χ1v) is 14.3. The molecule has 6 rings (SSSR count). The number of aromatic nitrogens is 1. The number of benzene rings is 1. The van der Waals surface area contributed by atoms with Crippen LogP contribution >= 0.6 is 0 Å². The van der Waals surface area contributed by atoms with Crippen molar-refractivity contribution < 1.29 is 33.3 Å². The van der Waals surface area contributed by atoms with E-state index in [9.17, 15) is 14.4 Å². The predicted molar refractivity (Wildman–Crippen MR) is 147 cm³/mol. The third-order valence-corrected chi connectivity index (χ3v) is 8.92. The van der Waals surface area contributed by atoms with Crippen molar-refractivity contribution in [2.75, 3.05) is 7.11 Å². The number of hydrogen-bond donors (Lipinski definition) is 0. The smallest absolute Gasteiger partial charge is 0.309 e. The molecule has 1 heterocycles. The quantitative estimate of drug-likeness (QED) is 0.255. The van der Waals surface area contributed by atoms with Crippen LogP contribution in [0.1, 0.15) is 76.2 Å². The van der Waals surface area contributed by atoms with E-state index in [0.29, 0.717) is 17.8 Å². The van der Waals surface area contributed by atoms with Crippen molar-refractivity contribution in [2.45, 2.75) is 77.9 Å². The number of carbonyl (C=O) groups is 3. The minimum Gasteiger partial charge on any atom is -0.493 e. The van der Waals surface area contributed by atoms with E-state index in [2.05, 4.69) is 4.98 Å². The van der Waals surface area contributed by atoms with E-state index in [0.717, 1.165) is 25.0 Å².